The molecule has 1 aliphatic rings. The van der Waals surface area contributed by atoms with Gasteiger partial charge in [0.05, 0.1) is 16.9 Å². The number of phenols is 1. The highest BCUT2D eigenvalue weighted by atomic mass is 32.2. The molecule has 1 amide bonds. The van der Waals surface area contributed by atoms with Crippen molar-refractivity contribution < 1.29 is 39.4 Å². The van der Waals surface area contributed by atoms with E-state index in [1.54, 1.807) is 0 Å². The molecule has 1 aromatic carbocycles. The molecule has 1 unspecified atom stereocenters. The van der Waals surface area contributed by atoms with Gasteiger partial charge in [0.15, 0.2) is 5.75 Å². The summed E-state index contributed by atoms with van der Waals surface area (Å²) in [6, 6.07) is 0.811. The van der Waals surface area contributed by atoms with Crippen molar-refractivity contribution in [2.75, 3.05) is 7.11 Å². The van der Waals surface area contributed by atoms with Gasteiger partial charge in [0.2, 0.25) is 5.75 Å². The van der Waals surface area contributed by atoms with E-state index >= 15 is 0 Å². The number of carboxylic acids is 2. The zero-order valence-electron chi connectivity index (χ0n) is 14.7. The zero-order chi connectivity index (χ0) is 21.9. The Balaban J connectivity index is 2.41. The lowest BCUT2D eigenvalue weighted by Gasteiger charge is -2.22. The van der Waals surface area contributed by atoms with Crippen molar-refractivity contribution in [3.8, 4) is 11.5 Å². The summed E-state index contributed by atoms with van der Waals surface area (Å²) in [5.41, 5.74) is -0.500. The summed E-state index contributed by atoms with van der Waals surface area (Å²) >= 11 is 5.84. The van der Waals surface area contributed by atoms with Crippen molar-refractivity contribution >= 4 is 57.9 Å². The maximum atomic E-state index is 12.7. The van der Waals surface area contributed by atoms with Gasteiger partial charge in [-0.3, -0.25) is 24.6 Å². The lowest BCUT2D eigenvalue weighted by Crippen LogP contribution is -2.44. The van der Waals surface area contributed by atoms with E-state index in [-0.39, 0.29) is 27.0 Å². The molecular formula is C16H14N2O9S2. The highest BCUT2D eigenvalue weighted by Crippen LogP contribution is 2.40. The molecule has 1 aliphatic heterocycles. The van der Waals surface area contributed by atoms with Crippen molar-refractivity contribution in [3.63, 3.8) is 0 Å². The quantitative estimate of drug-likeness (QED) is 0.232. The SMILES string of the molecule is COc1cc(C=C2SC(=S)N(C(CCC(=O)O)C(=O)O)C2=O)cc([N+](=O)[O-])c1O. The third-order valence-electron chi connectivity index (χ3n) is 3.84. The zero-order valence-corrected chi connectivity index (χ0v) is 16.4. The van der Waals surface area contributed by atoms with Gasteiger partial charge in [0.1, 0.15) is 10.4 Å². The van der Waals surface area contributed by atoms with Gasteiger partial charge in [-0.1, -0.05) is 24.0 Å². The summed E-state index contributed by atoms with van der Waals surface area (Å²) in [7, 11) is 1.20. The van der Waals surface area contributed by atoms with Gasteiger partial charge in [-0.25, -0.2) is 4.79 Å². The largest absolute Gasteiger partial charge is 0.500 e. The van der Waals surface area contributed by atoms with Crippen LogP contribution in [-0.2, 0) is 14.4 Å². The third kappa shape index (κ3) is 4.81. The fourth-order valence-corrected chi connectivity index (χ4v) is 3.87. The number of phenolic OH excluding ortho intramolecular Hbond substituents is 1. The number of carboxylic acid groups (broad SMARTS) is 2. The van der Waals surface area contributed by atoms with E-state index in [2.05, 4.69) is 0 Å². The number of nitrogens with zero attached hydrogens (tertiary/aromatic N) is 2. The number of benzene rings is 1. The van der Waals surface area contributed by atoms with E-state index in [4.69, 9.17) is 22.1 Å². The van der Waals surface area contributed by atoms with Gasteiger partial charge >= 0.3 is 17.6 Å². The number of hydrogen-bond donors (Lipinski definition) is 3. The molecule has 11 nitrogen and oxygen atoms in total. The normalized spacial score (nSPS) is 16.2. The molecule has 0 radical (unpaired) electrons. The Labute approximate surface area is 172 Å². The first-order valence-corrected chi connectivity index (χ1v) is 9.06. The Bertz CT molecular complexity index is 945. The number of aromatic hydroxyl groups is 1. The number of carbonyl (C=O) groups is 3. The number of hydrogen-bond acceptors (Lipinski definition) is 9. The number of carbonyl (C=O) groups excluding carboxylic acids is 1. The Morgan fingerprint density at radius 1 is 1.41 bits per heavy atom. The lowest BCUT2D eigenvalue weighted by molar-refractivity contribution is -0.386. The molecule has 1 saturated heterocycles. The molecular weight excluding hydrogens is 428 g/mol. The summed E-state index contributed by atoms with van der Waals surface area (Å²) in [5.74, 6) is -4.27. The first kappa shape index (κ1) is 22.1. The van der Waals surface area contributed by atoms with Gasteiger partial charge < -0.3 is 20.1 Å². The molecule has 0 saturated carbocycles. The van der Waals surface area contributed by atoms with Crippen LogP contribution in [0.2, 0.25) is 0 Å². The number of aliphatic carboxylic acids is 2. The average molecular weight is 442 g/mol. The Hall–Kier alpha value is -3.19. The van der Waals surface area contributed by atoms with Crippen molar-refractivity contribution in [2.45, 2.75) is 18.9 Å². The monoisotopic (exact) mass is 442 g/mol. The summed E-state index contributed by atoms with van der Waals surface area (Å²) in [4.78, 5) is 46.0. The van der Waals surface area contributed by atoms with Crippen molar-refractivity contribution in [3.05, 3.63) is 32.7 Å². The molecule has 29 heavy (non-hydrogen) atoms. The second-order valence-corrected chi connectivity index (χ2v) is 7.36. The second kappa shape index (κ2) is 8.87. The van der Waals surface area contributed by atoms with Gasteiger partial charge in [0, 0.05) is 12.5 Å². The van der Waals surface area contributed by atoms with Crippen LogP contribution in [0.3, 0.4) is 0 Å². The number of thioether (sulfide) groups is 1. The molecule has 0 spiro atoms. The number of nitro groups is 1. The summed E-state index contributed by atoms with van der Waals surface area (Å²) in [6.45, 7) is 0. The van der Waals surface area contributed by atoms with E-state index in [1.807, 2.05) is 0 Å². The highest BCUT2D eigenvalue weighted by molar-refractivity contribution is 8.26. The van der Waals surface area contributed by atoms with E-state index in [0.717, 1.165) is 22.7 Å². The fourth-order valence-electron chi connectivity index (χ4n) is 2.52. The van der Waals surface area contributed by atoms with Crippen LogP contribution in [0.1, 0.15) is 18.4 Å². The molecule has 1 atom stereocenters. The van der Waals surface area contributed by atoms with Crippen LogP contribution in [0.15, 0.2) is 17.0 Å². The van der Waals surface area contributed by atoms with Crippen LogP contribution >= 0.6 is 24.0 Å². The van der Waals surface area contributed by atoms with Crippen molar-refractivity contribution in [2.24, 2.45) is 0 Å². The van der Waals surface area contributed by atoms with E-state index in [0.29, 0.717) is 0 Å². The maximum Gasteiger partial charge on any atom is 0.326 e. The van der Waals surface area contributed by atoms with Gasteiger partial charge in [-0.2, -0.15) is 0 Å². The molecule has 0 aromatic heterocycles. The molecule has 1 fully saturated rings. The first-order chi connectivity index (χ1) is 13.6. The first-order valence-electron chi connectivity index (χ1n) is 7.83. The predicted octanol–water partition coefficient (Wildman–Crippen LogP) is 1.83. The second-order valence-electron chi connectivity index (χ2n) is 5.69. The van der Waals surface area contributed by atoms with Crippen LogP contribution < -0.4 is 4.74 Å². The minimum atomic E-state index is -1.46. The lowest BCUT2D eigenvalue weighted by atomic mass is 10.1. The number of methoxy groups -OCH3 is 1. The van der Waals surface area contributed by atoms with E-state index < -0.39 is 46.7 Å². The minimum Gasteiger partial charge on any atom is -0.500 e. The minimum absolute atomic E-state index is 0.0152. The maximum absolute atomic E-state index is 12.7. The molecule has 0 aliphatic carbocycles. The Kier molecular flexibility index (Phi) is 6.76. The highest BCUT2D eigenvalue weighted by Gasteiger charge is 2.40. The summed E-state index contributed by atoms with van der Waals surface area (Å²) in [6.07, 6.45) is 0.418. The van der Waals surface area contributed by atoms with Gasteiger partial charge in [-0.15, -0.1) is 0 Å². The molecule has 1 aromatic rings. The molecule has 154 valence electrons. The Morgan fingerprint density at radius 3 is 2.59 bits per heavy atom. The topological polar surface area (TPSA) is 168 Å². The third-order valence-corrected chi connectivity index (χ3v) is 5.17. The predicted molar refractivity (Wildman–Crippen MR) is 105 cm³/mol. The number of rotatable bonds is 8. The van der Waals surface area contributed by atoms with Crippen LogP contribution in [0.25, 0.3) is 6.08 Å². The molecule has 1 heterocycles. The van der Waals surface area contributed by atoms with Gasteiger partial charge in [0.25, 0.3) is 5.91 Å². The van der Waals surface area contributed by atoms with Crippen LogP contribution in [0.5, 0.6) is 11.5 Å². The number of nitro benzene ring substituents is 1. The molecule has 13 heteroatoms. The summed E-state index contributed by atoms with van der Waals surface area (Å²) in [5, 5.41) is 39.0. The van der Waals surface area contributed by atoms with Crippen molar-refractivity contribution in [1.82, 2.24) is 4.90 Å². The summed E-state index contributed by atoms with van der Waals surface area (Å²) < 4.78 is 4.81. The Morgan fingerprint density at radius 2 is 2.07 bits per heavy atom. The molecule has 0 bridgehead atoms. The number of ether oxygens (including phenoxy) is 1. The van der Waals surface area contributed by atoms with E-state index in [1.165, 1.54) is 19.3 Å². The number of amides is 1. The van der Waals surface area contributed by atoms with Crippen LogP contribution in [-0.4, -0.2) is 60.5 Å². The fraction of sp³-hybridized carbons (Fsp3) is 0.250. The van der Waals surface area contributed by atoms with E-state index in [9.17, 15) is 34.7 Å². The average Bonchev–Trinajstić information content (AvgIpc) is 2.90. The molecule has 3 N–H and O–H groups in total. The van der Waals surface area contributed by atoms with Crippen LogP contribution in [0.4, 0.5) is 5.69 Å². The number of thiocarbonyl (C=S) groups is 1. The van der Waals surface area contributed by atoms with Gasteiger partial charge in [-0.05, 0) is 24.1 Å². The molecule has 2 rings (SSSR count). The van der Waals surface area contributed by atoms with Crippen LogP contribution in [0, 0.1) is 10.1 Å². The smallest absolute Gasteiger partial charge is 0.326 e. The standard InChI is InChI=1S/C16H14N2O9S2/c1-27-10-5-7(4-9(13(10)21)18(25)26)6-11-14(22)17(16(28)29-11)8(15(23)24)2-3-12(19)20/h4-6,8,21H,2-3H2,1H3,(H,19,20)(H,23,24). The van der Waals surface area contributed by atoms with Crippen molar-refractivity contribution in [1.29, 1.82) is 0 Å².